The van der Waals surface area contributed by atoms with Crippen molar-refractivity contribution >= 4 is 23.2 Å². The van der Waals surface area contributed by atoms with Crippen molar-refractivity contribution in [1.29, 1.82) is 0 Å². The quantitative estimate of drug-likeness (QED) is 0.860. The molecule has 0 aliphatic heterocycles. The minimum atomic E-state index is -0.107. The summed E-state index contributed by atoms with van der Waals surface area (Å²) in [5, 5.41) is 3.55. The largest absolute Gasteiger partial charge is 0.322 e. The van der Waals surface area contributed by atoms with E-state index in [2.05, 4.69) is 5.32 Å². The maximum absolute atomic E-state index is 12.1. The van der Waals surface area contributed by atoms with E-state index in [4.69, 9.17) is 11.6 Å². The number of halogens is 1. The molecule has 0 aliphatic carbocycles. The first-order valence-electron chi connectivity index (χ1n) is 5.70. The molecule has 0 saturated carbocycles. The number of amides is 1. The van der Waals surface area contributed by atoms with Gasteiger partial charge in [-0.2, -0.15) is 0 Å². The van der Waals surface area contributed by atoms with Crippen LogP contribution in [0.5, 0.6) is 0 Å². The van der Waals surface area contributed by atoms with E-state index in [1.807, 2.05) is 44.2 Å². The summed E-state index contributed by atoms with van der Waals surface area (Å²) >= 11 is 5.88. The first-order valence-corrected chi connectivity index (χ1v) is 6.08. The van der Waals surface area contributed by atoms with Crippen LogP contribution in [0, 0.1) is 13.8 Å². The molecule has 3 heteroatoms. The minimum absolute atomic E-state index is 0.107. The van der Waals surface area contributed by atoms with Crippen LogP contribution in [0.15, 0.2) is 42.5 Å². The number of carbonyl (C=O) groups excluding carboxylic acids is 1. The highest BCUT2D eigenvalue weighted by molar-refractivity contribution is 6.30. The number of rotatable bonds is 2. The molecule has 0 saturated heterocycles. The number of carbonyl (C=O) groups is 1. The monoisotopic (exact) mass is 259 g/mol. The lowest BCUT2D eigenvalue weighted by molar-refractivity contribution is 0.102. The molecule has 0 bridgehead atoms. The molecule has 0 radical (unpaired) electrons. The predicted octanol–water partition coefficient (Wildman–Crippen LogP) is 4.21. The fourth-order valence-electron chi connectivity index (χ4n) is 1.75. The zero-order chi connectivity index (χ0) is 13.1. The first kappa shape index (κ1) is 12.7. The minimum Gasteiger partial charge on any atom is -0.322 e. The van der Waals surface area contributed by atoms with Crippen molar-refractivity contribution < 1.29 is 4.79 Å². The van der Waals surface area contributed by atoms with Crippen LogP contribution in [0.2, 0.25) is 5.02 Å². The molecule has 0 heterocycles. The zero-order valence-corrected chi connectivity index (χ0v) is 11.1. The standard InChI is InChI=1S/C15H14ClNO/c1-10-4-3-5-12(8-10)15(18)17-14-7-6-13(16)9-11(14)2/h3-9H,1-2H3,(H,17,18). The van der Waals surface area contributed by atoms with E-state index in [0.717, 1.165) is 16.8 Å². The Bertz CT molecular complexity index is 593. The molecule has 2 nitrogen and oxygen atoms in total. The van der Waals surface area contributed by atoms with Gasteiger partial charge >= 0.3 is 0 Å². The van der Waals surface area contributed by atoms with Crippen molar-refractivity contribution in [2.75, 3.05) is 5.32 Å². The molecule has 2 rings (SSSR count). The second kappa shape index (κ2) is 5.23. The summed E-state index contributed by atoms with van der Waals surface area (Å²) in [7, 11) is 0. The van der Waals surface area contributed by atoms with Gasteiger partial charge in [0.25, 0.3) is 5.91 Å². The molecule has 0 aromatic heterocycles. The molecule has 1 amide bonds. The van der Waals surface area contributed by atoms with Gasteiger partial charge in [-0.15, -0.1) is 0 Å². The van der Waals surface area contributed by atoms with Gasteiger partial charge in [0.1, 0.15) is 0 Å². The van der Waals surface area contributed by atoms with Gasteiger partial charge in [-0.25, -0.2) is 0 Å². The summed E-state index contributed by atoms with van der Waals surface area (Å²) in [5.41, 5.74) is 3.45. The van der Waals surface area contributed by atoms with Crippen LogP contribution in [-0.2, 0) is 0 Å². The topological polar surface area (TPSA) is 29.1 Å². The number of aryl methyl sites for hydroxylation is 2. The lowest BCUT2D eigenvalue weighted by Gasteiger charge is -2.09. The number of hydrogen-bond donors (Lipinski definition) is 1. The summed E-state index contributed by atoms with van der Waals surface area (Å²) < 4.78 is 0. The van der Waals surface area contributed by atoms with Crippen molar-refractivity contribution in [2.24, 2.45) is 0 Å². The maximum atomic E-state index is 12.1. The molecule has 2 aromatic rings. The Kier molecular flexibility index (Phi) is 3.68. The second-order valence-corrected chi connectivity index (χ2v) is 4.72. The van der Waals surface area contributed by atoms with Crippen LogP contribution in [0.3, 0.4) is 0 Å². The van der Waals surface area contributed by atoms with Crippen molar-refractivity contribution in [3.8, 4) is 0 Å². The third-order valence-electron chi connectivity index (χ3n) is 2.72. The molecule has 0 spiro atoms. The van der Waals surface area contributed by atoms with Gasteiger partial charge in [-0.3, -0.25) is 4.79 Å². The molecule has 0 aliphatic rings. The summed E-state index contributed by atoms with van der Waals surface area (Å²) in [6, 6.07) is 12.9. The zero-order valence-electron chi connectivity index (χ0n) is 10.3. The smallest absolute Gasteiger partial charge is 0.255 e. The van der Waals surface area contributed by atoms with E-state index < -0.39 is 0 Å². The van der Waals surface area contributed by atoms with Crippen LogP contribution < -0.4 is 5.32 Å². The molecular formula is C15H14ClNO. The summed E-state index contributed by atoms with van der Waals surface area (Å²) in [5.74, 6) is -0.107. The van der Waals surface area contributed by atoms with Gasteiger partial charge in [0.15, 0.2) is 0 Å². The Labute approximate surface area is 112 Å². The summed E-state index contributed by atoms with van der Waals surface area (Å²) in [6.07, 6.45) is 0. The highest BCUT2D eigenvalue weighted by Gasteiger charge is 2.07. The van der Waals surface area contributed by atoms with E-state index in [1.54, 1.807) is 12.1 Å². The molecule has 0 fully saturated rings. The van der Waals surface area contributed by atoms with E-state index >= 15 is 0 Å². The van der Waals surface area contributed by atoms with Gasteiger partial charge in [-0.1, -0.05) is 29.3 Å². The molecule has 2 aromatic carbocycles. The fourth-order valence-corrected chi connectivity index (χ4v) is 1.97. The van der Waals surface area contributed by atoms with E-state index in [1.165, 1.54) is 0 Å². The lowest BCUT2D eigenvalue weighted by atomic mass is 10.1. The fraction of sp³-hybridized carbons (Fsp3) is 0.133. The third kappa shape index (κ3) is 2.90. The van der Waals surface area contributed by atoms with Crippen molar-refractivity contribution in [1.82, 2.24) is 0 Å². The Morgan fingerprint density at radius 2 is 1.89 bits per heavy atom. The summed E-state index contributed by atoms with van der Waals surface area (Å²) in [4.78, 5) is 12.1. The predicted molar refractivity (Wildman–Crippen MR) is 75.3 cm³/mol. The highest BCUT2D eigenvalue weighted by atomic mass is 35.5. The number of benzene rings is 2. The molecule has 1 N–H and O–H groups in total. The van der Waals surface area contributed by atoms with Crippen molar-refractivity contribution in [3.63, 3.8) is 0 Å². The van der Waals surface area contributed by atoms with Crippen molar-refractivity contribution in [3.05, 3.63) is 64.2 Å². The molecular weight excluding hydrogens is 246 g/mol. The Balaban J connectivity index is 2.21. The van der Waals surface area contributed by atoms with Gasteiger partial charge in [0.2, 0.25) is 0 Å². The van der Waals surface area contributed by atoms with Gasteiger partial charge in [-0.05, 0) is 49.7 Å². The lowest BCUT2D eigenvalue weighted by Crippen LogP contribution is -2.12. The van der Waals surface area contributed by atoms with Crippen LogP contribution in [0.1, 0.15) is 21.5 Å². The van der Waals surface area contributed by atoms with E-state index in [-0.39, 0.29) is 5.91 Å². The number of anilines is 1. The average Bonchev–Trinajstić information content (AvgIpc) is 2.32. The SMILES string of the molecule is Cc1cccc(C(=O)Nc2ccc(Cl)cc2C)c1. The van der Waals surface area contributed by atoms with Crippen molar-refractivity contribution in [2.45, 2.75) is 13.8 Å². The Morgan fingerprint density at radius 1 is 1.11 bits per heavy atom. The second-order valence-electron chi connectivity index (χ2n) is 4.28. The normalized spacial score (nSPS) is 10.2. The maximum Gasteiger partial charge on any atom is 0.255 e. The van der Waals surface area contributed by atoms with E-state index in [9.17, 15) is 4.79 Å². The number of hydrogen-bond acceptors (Lipinski definition) is 1. The molecule has 0 atom stereocenters. The van der Waals surface area contributed by atoms with Crippen LogP contribution in [-0.4, -0.2) is 5.91 Å². The van der Waals surface area contributed by atoms with Gasteiger partial charge in [0.05, 0.1) is 0 Å². The molecule has 18 heavy (non-hydrogen) atoms. The summed E-state index contributed by atoms with van der Waals surface area (Å²) in [6.45, 7) is 3.88. The van der Waals surface area contributed by atoms with Gasteiger partial charge in [0, 0.05) is 16.3 Å². The van der Waals surface area contributed by atoms with Crippen LogP contribution in [0.4, 0.5) is 5.69 Å². The molecule has 0 unspecified atom stereocenters. The molecule has 92 valence electrons. The Hall–Kier alpha value is -1.80. The average molecular weight is 260 g/mol. The van der Waals surface area contributed by atoms with E-state index in [0.29, 0.717) is 10.6 Å². The highest BCUT2D eigenvalue weighted by Crippen LogP contribution is 2.20. The first-order chi connectivity index (χ1) is 8.56. The Morgan fingerprint density at radius 3 is 2.56 bits per heavy atom. The third-order valence-corrected chi connectivity index (χ3v) is 2.95. The van der Waals surface area contributed by atoms with Crippen LogP contribution >= 0.6 is 11.6 Å². The number of nitrogens with one attached hydrogen (secondary N) is 1. The van der Waals surface area contributed by atoms with Crippen LogP contribution in [0.25, 0.3) is 0 Å². The van der Waals surface area contributed by atoms with Gasteiger partial charge < -0.3 is 5.32 Å².